The summed E-state index contributed by atoms with van der Waals surface area (Å²) in [5, 5.41) is 0. The Labute approximate surface area is 162 Å². The summed E-state index contributed by atoms with van der Waals surface area (Å²) in [5.41, 5.74) is 0. The first-order valence-electron chi connectivity index (χ1n) is 7.47. The number of carbonyl (C=O) groups is 3. The number of carbonyl (C=O) groups excluding carboxylic acids is 3. The molecule has 0 aliphatic carbocycles. The fraction of sp³-hybridized carbons (Fsp3) is 0.471. The van der Waals surface area contributed by atoms with Crippen LogP contribution in [0.4, 0.5) is 0 Å². The Morgan fingerprint density at radius 3 is 1.79 bits per heavy atom. The number of hydrogen-bond acceptors (Lipinski definition) is 10. The van der Waals surface area contributed by atoms with E-state index < -0.39 is 57.4 Å². The van der Waals surface area contributed by atoms with Crippen LogP contribution in [0.25, 0.3) is 0 Å². The largest absolute Gasteiger partial charge is 0.475 e. The minimum absolute atomic E-state index is 0.382. The molecule has 0 radical (unpaired) electrons. The third kappa shape index (κ3) is 8.73. The summed E-state index contributed by atoms with van der Waals surface area (Å²) < 4.78 is 40.7. The van der Waals surface area contributed by atoms with Crippen molar-refractivity contribution in [2.24, 2.45) is 5.92 Å². The summed E-state index contributed by atoms with van der Waals surface area (Å²) in [6.07, 6.45) is 12.3. The van der Waals surface area contributed by atoms with Crippen LogP contribution in [0.1, 0.15) is 6.42 Å². The Bertz CT molecular complexity index is 716. The molecule has 0 aliphatic rings. The van der Waals surface area contributed by atoms with Crippen LogP contribution >= 0.6 is 7.82 Å². The van der Waals surface area contributed by atoms with Crippen molar-refractivity contribution in [1.29, 1.82) is 0 Å². The first-order chi connectivity index (χ1) is 13.3. The van der Waals surface area contributed by atoms with Crippen LogP contribution in [-0.2, 0) is 46.7 Å². The van der Waals surface area contributed by atoms with Gasteiger partial charge in [-0.25, -0.2) is 9.36 Å². The van der Waals surface area contributed by atoms with Crippen LogP contribution in [-0.4, -0.2) is 58.1 Å². The molecule has 0 saturated carbocycles. The third-order valence-corrected chi connectivity index (χ3v) is 4.27. The lowest BCUT2D eigenvalue weighted by Crippen LogP contribution is -2.40. The number of terminal acetylenes is 3. The van der Waals surface area contributed by atoms with E-state index in [0.29, 0.717) is 0 Å². The monoisotopic (exact) mass is 414 g/mol. The second-order valence-electron chi connectivity index (χ2n) is 4.64. The van der Waals surface area contributed by atoms with Gasteiger partial charge in [0.2, 0.25) is 0 Å². The van der Waals surface area contributed by atoms with Crippen LogP contribution in [0, 0.1) is 42.9 Å². The topological polar surface area (TPSA) is 124 Å². The van der Waals surface area contributed by atoms with Gasteiger partial charge in [-0.05, 0) is 0 Å². The number of rotatable bonds is 12. The zero-order valence-corrected chi connectivity index (χ0v) is 16.1. The molecule has 0 bridgehead atoms. The lowest BCUT2D eigenvalue weighted by Gasteiger charge is -2.25. The minimum atomic E-state index is -4.29. The molecule has 0 fully saturated rings. The molecule has 0 amide bonds. The highest BCUT2D eigenvalue weighted by Crippen LogP contribution is 2.50. The molecule has 0 aliphatic heterocycles. The summed E-state index contributed by atoms with van der Waals surface area (Å²) in [6.45, 7) is -1.34. The Morgan fingerprint density at radius 1 is 0.857 bits per heavy atom. The maximum absolute atomic E-state index is 12.3. The molecule has 0 saturated heterocycles. The lowest BCUT2D eigenvalue weighted by molar-refractivity contribution is -0.167. The summed E-state index contributed by atoms with van der Waals surface area (Å²) in [4.78, 5) is 36.5. The molecule has 11 heteroatoms. The minimum Gasteiger partial charge on any atom is -0.452 e. The van der Waals surface area contributed by atoms with E-state index in [4.69, 9.17) is 33.3 Å². The zero-order valence-electron chi connectivity index (χ0n) is 15.2. The Balaban J connectivity index is 5.85. The zero-order chi connectivity index (χ0) is 21.6. The molecule has 10 nitrogen and oxygen atoms in total. The standard InChI is InChI=1S/C17H19O10P/c1-6-9-24-14(18)12-13(16(19)25-10-7-2)15(17(20)26-11-8-3)27-28(21,22-4)23-5/h1-3,13,15H,9-12H2,4-5H3. The predicted molar refractivity (Wildman–Crippen MR) is 94.0 cm³/mol. The van der Waals surface area contributed by atoms with Gasteiger partial charge in [0, 0.05) is 14.2 Å². The maximum atomic E-state index is 12.3. The average molecular weight is 414 g/mol. The normalized spacial score (nSPS) is 12.4. The van der Waals surface area contributed by atoms with Crippen LogP contribution in [0.2, 0.25) is 0 Å². The van der Waals surface area contributed by atoms with Crippen LogP contribution in [0.5, 0.6) is 0 Å². The van der Waals surface area contributed by atoms with Crippen molar-refractivity contribution < 1.29 is 46.7 Å². The molecule has 0 aromatic rings. The van der Waals surface area contributed by atoms with Crippen LogP contribution in [0.15, 0.2) is 0 Å². The van der Waals surface area contributed by atoms with E-state index in [2.05, 4.69) is 19.7 Å². The first kappa shape index (κ1) is 25.2. The van der Waals surface area contributed by atoms with Gasteiger partial charge < -0.3 is 14.2 Å². The van der Waals surface area contributed by atoms with Gasteiger partial charge in [-0.3, -0.25) is 23.2 Å². The quantitative estimate of drug-likeness (QED) is 0.191. The molecule has 0 aromatic heterocycles. The molecule has 28 heavy (non-hydrogen) atoms. The van der Waals surface area contributed by atoms with Crippen LogP contribution in [0.3, 0.4) is 0 Å². The highest BCUT2D eigenvalue weighted by atomic mass is 31.2. The van der Waals surface area contributed by atoms with Crippen molar-refractivity contribution in [3.05, 3.63) is 0 Å². The highest BCUT2D eigenvalue weighted by molar-refractivity contribution is 7.48. The molecular formula is C17H19O10P. The average Bonchev–Trinajstić information content (AvgIpc) is 2.70. The molecule has 0 N–H and O–H groups in total. The first-order valence-corrected chi connectivity index (χ1v) is 8.93. The molecule has 0 aromatic carbocycles. The van der Waals surface area contributed by atoms with Crippen molar-refractivity contribution in [2.75, 3.05) is 34.0 Å². The van der Waals surface area contributed by atoms with E-state index in [0.717, 1.165) is 14.2 Å². The molecule has 0 rings (SSSR count). The van der Waals surface area contributed by atoms with Crippen LogP contribution < -0.4 is 0 Å². The number of ether oxygens (including phenoxy) is 3. The molecule has 0 spiro atoms. The van der Waals surface area contributed by atoms with Gasteiger partial charge in [0.25, 0.3) is 0 Å². The maximum Gasteiger partial charge on any atom is 0.475 e. The summed E-state index contributed by atoms with van der Waals surface area (Å²) in [7, 11) is -2.35. The van der Waals surface area contributed by atoms with Gasteiger partial charge in [-0.2, -0.15) is 0 Å². The summed E-state index contributed by atoms with van der Waals surface area (Å²) >= 11 is 0. The second kappa shape index (κ2) is 13.4. The van der Waals surface area contributed by atoms with E-state index >= 15 is 0 Å². The number of hydrogen-bond donors (Lipinski definition) is 0. The SMILES string of the molecule is C#CCOC(=O)CC(C(=O)OCC#C)C(OP(=O)(OC)OC)C(=O)OCC#C. The van der Waals surface area contributed by atoms with Gasteiger partial charge in [-0.1, -0.05) is 17.8 Å². The lowest BCUT2D eigenvalue weighted by atomic mass is 9.98. The summed E-state index contributed by atoms with van der Waals surface area (Å²) in [6, 6.07) is 0. The number of phosphoric ester groups is 1. The van der Waals surface area contributed by atoms with E-state index in [1.807, 2.05) is 11.8 Å². The van der Waals surface area contributed by atoms with Gasteiger partial charge in [0.05, 0.1) is 6.42 Å². The van der Waals surface area contributed by atoms with Gasteiger partial charge >= 0.3 is 25.7 Å². The van der Waals surface area contributed by atoms with Gasteiger partial charge in [-0.15, -0.1) is 19.3 Å². The van der Waals surface area contributed by atoms with E-state index in [9.17, 15) is 18.9 Å². The van der Waals surface area contributed by atoms with Crippen molar-refractivity contribution >= 4 is 25.7 Å². The molecule has 2 atom stereocenters. The summed E-state index contributed by atoms with van der Waals surface area (Å²) in [5.74, 6) is 1.13. The van der Waals surface area contributed by atoms with E-state index in [-0.39, 0.29) is 6.61 Å². The van der Waals surface area contributed by atoms with Crippen molar-refractivity contribution in [1.82, 2.24) is 0 Å². The fourth-order valence-electron chi connectivity index (χ4n) is 1.67. The Morgan fingerprint density at radius 2 is 1.32 bits per heavy atom. The fourth-order valence-corrected chi connectivity index (χ4v) is 2.50. The predicted octanol–water partition coefficient (Wildman–Crippen LogP) is 0.308. The highest BCUT2D eigenvalue weighted by Gasteiger charge is 2.44. The molecule has 0 heterocycles. The van der Waals surface area contributed by atoms with Crippen molar-refractivity contribution in [3.63, 3.8) is 0 Å². The Hall–Kier alpha value is -2.80. The van der Waals surface area contributed by atoms with E-state index in [1.165, 1.54) is 0 Å². The number of esters is 3. The second-order valence-corrected chi connectivity index (χ2v) is 6.47. The molecule has 2 unspecified atom stereocenters. The number of phosphoric acid groups is 1. The molecular weight excluding hydrogens is 395 g/mol. The van der Waals surface area contributed by atoms with Gasteiger partial charge in [0.15, 0.2) is 25.9 Å². The third-order valence-electron chi connectivity index (χ3n) is 2.89. The van der Waals surface area contributed by atoms with E-state index in [1.54, 1.807) is 0 Å². The van der Waals surface area contributed by atoms with Crippen molar-refractivity contribution in [3.8, 4) is 37.0 Å². The molecule has 152 valence electrons. The smallest absolute Gasteiger partial charge is 0.452 e. The van der Waals surface area contributed by atoms with Crippen molar-refractivity contribution in [2.45, 2.75) is 12.5 Å². The van der Waals surface area contributed by atoms with Gasteiger partial charge in [0.1, 0.15) is 5.92 Å². The Kier molecular flexibility index (Phi) is 12.0.